The van der Waals surface area contributed by atoms with Crippen molar-refractivity contribution >= 4 is 47.6 Å². The third-order valence-corrected chi connectivity index (χ3v) is 10.7. The number of aryl methyl sites for hydroxylation is 1. The molecular weight excluding hydrogens is 718 g/mol. The summed E-state index contributed by atoms with van der Waals surface area (Å²) < 4.78 is 47.5. The van der Waals surface area contributed by atoms with Crippen LogP contribution in [0.2, 0.25) is 0 Å². The first kappa shape index (κ1) is 40.2. The van der Waals surface area contributed by atoms with Crippen LogP contribution >= 0.6 is 0 Å². The van der Waals surface area contributed by atoms with Crippen LogP contribution in [0, 0.1) is 17.3 Å². The second kappa shape index (κ2) is 14.4. The zero-order chi connectivity index (χ0) is 40.1. The van der Waals surface area contributed by atoms with E-state index in [9.17, 15) is 38.7 Å². The molecule has 4 aliphatic rings. The highest BCUT2D eigenvalue weighted by atomic mass is 16.7. The Balaban J connectivity index is 1.92. The van der Waals surface area contributed by atoms with Gasteiger partial charge in [0.15, 0.2) is 29.7 Å². The van der Waals surface area contributed by atoms with Crippen LogP contribution in [-0.2, 0) is 77.9 Å². The van der Waals surface area contributed by atoms with E-state index in [-0.39, 0.29) is 24.1 Å². The maximum atomic E-state index is 15.1. The minimum absolute atomic E-state index is 0.0407. The van der Waals surface area contributed by atoms with E-state index < -0.39 is 125 Å². The lowest BCUT2D eigenvalue weighted by Gasteiger charge is -2.64. The topological polar surface area (TPSA) is 244 Å². The molecule has 5 rings (SSSR count). The van der Waals surface area contributed by atoms with Gasteiger partial charge in [0.05, 0.1) is 17.2 Å². The number of pyridine rings is 1. The predicted molar refractivity (Wildman–Crippen MR) is 175 cm³/mol. The zero-order valence-corrected chi connectivity index (χ0v) is 31.0. The third-order valence-electron chi connectivity index (χ3n) is 10.7. The van der Waals surface area contributed by atoms with E-state index in [0.29, 0.717) is 0 Å². The van der Waals surface area contributed by atoms with Gasteiger partial charge in [-0.1, -0.05) is 6.92 Å². The van der Waals surface area contributed by atoms with Gasteiger partial charge in [-0.25, -0.2) is 9.59 Å². The first-order valence-electron chi connectivity index (χ1n) is 17.2. The smallest absolute Gasteiger partial charge is 0.340 e. The highest BCUT2D eigenvalue weighted by molar-refractivity contribution is 5.94. The van der Waals surface area contributed by atoms with Gasteiger partial charge >= 0.3 is 41.8 Å². The van der Waals surface area contributed by atoms with Crippen molar-refractivity contribution in [3.05, 3.63) is 29.6 Å². The van der Waals surface area contributed by atoms with Crippen LogP contribution < -0.4 is 0 Å². The van der Waals surface area contributed by atoms with Crippen molar-refractivity contribution in [2.75, 3.05) is 13.2 Å². The van der Waals surface area contributed by atoms with Gasteiger partial charge in [-0.05, 0) is 38.8 Å². The van der Waals surface area contributed by atoms with Gasteiger partial charge < -0.3 is 43.0 Å². The summed E-state index contributed by atoms with van der Waals surface area (Å²) in [5.41, 5.74) is -8.94. The molecule has 2 aliphatic heterocycles. The Morgan fingerprint density at radius 1 is 0.889 bits per heavy atom. The average molecular weight is 762 g/mol. The summed E-state index contributed by atoms with van der Waals surface area (Å²) in [5, 5.41) is 11.5. The molecule has 2 aliphatic carbocycles. The lowest BCUT2D eigenvalue weighted by molar-refractivity contribution is -0.337. The van der Waals surface area contributed by atoms with Crippen LogP contribution in [0.3, 0.4) is 0 Å². The fourth-order valence-electron chi connectivity index (χ4n) is 8.59. The fraction of sp³-hybridized carbons (Fsp3) is 0.639. The Morgan fingerprint density at radius 3 is 2.09 bits per heavy atom. The van der Waals surface area contributed by atoms with Crippen LogP contribution in [0.1, 0.15) is 77.9 Å². The molecule has 1 saturated heterocycles. The molecule has 0 amide bonds. The van der Waals surface area contributed by atoms with Crippen LogP contribution in [0.4, 0.5) is 0 Å². The largest absolute Gasteiger partial charge is 0.465 e. The molecule has 3 fully saturated rings. The molecule has 3 heterocycles. The molecule has 1 spiro atoms. The highest BCUT2D eigenvalue weighted by Gasteiger charge is 2.88. The van der Waals surface area contributed by atoms with Crippen molar-refractivity contribution in [3.63, 3.8) is 0 Å². The monoisotopic (exact) mass is 761 g/mol. The number of esters is 7. The molecular formula is C36H43NO17. The summed E-state index contributed by atoms with van der Waals surface area (Å²) in [6.45, 7) is 7.29. The number of cyclic esters (lactones) is 1. The van der Waals surface area contributed by atoms with Crippen LogP contribution in [0.5, 0.6) is 0 Å². The SMILES string of the molecule is CC(=O)OC[C@]12[C@H](OC(C)=O)[C@H](OC(C)=O)[C@H]3OC(=O)C(C)(O)CCc4ncccc4C(=O)OC[C@@]4(C)O[C@@]1([C@H]3C)[C@@H](OC(C)=O)[C@@H]4C(=O)[C@@H]2OC(C)=O. The van der Waals surface area contributed by atoms with E-state index in [2.05, 4.69) is 4.98 Å². The fourth-order valence-corrected chi connectivity index (χ4v) is 8.59. The summed E-state index contributed by atoms with van der Waals surface area (Å²) in [4.78, 5) is 111. The van der Waals surface area contributed by atoms with Crippen LogP contribution in [0.15, 0.2) is 18.3 Å². The van der Waals surface area contributed by atoms with Crippen molar-refractivity contribution in [3.8, 4) is 0 Å². The van der Waals surface area contributed by atoms with E-state index in [4.69, 9.17) is 37.9 Å². The summed E-state index contributed by atoms with van der Waals surface area (Å²) >= 11 is 0. The van der Waals surface area contributed by atoms with Crippen molar-refractivity contribution in [1.82, 2.24) is 4.98 Å². The first-order valence-corrected chi connectivity index (χ1v) is 17.2. The molecule has 1 aromatic heterocycles. The molecule has 18 heteroatoms. The van der Waals surface area contributed by atoms with Gasteiger partial charge in [-0.15, -0.1) is 0 Å². The van der Waals surface area contributed by atoms with Gasteiger partial charge in [0.25, 0.3) is 0 Å². The maximum absolute atomic E-state index is 15.1. The highest BCUT2D eigenvalue weighted by Crippen LogP contribution is 2.67. The Labute approximate surface area is 309 Å². The van der Waals surface area contributed by atoms with Crippen molar-refractivity contribution in [1.29, 1.82) is 0 Å². The van der Waals surface area contributed by atoms with Gasteiger partial charge in [-0.3, -0.25) is 33.8 Å². The summed E-state index contributed by atoms with van der Waals surface area (Å²) in [6, 6.07) is 2.86. The first-order chi connectivity index (χ1) is 25.1. The molecule has 0 aromatic carbocycles. The molecule has 0 radical (unpaired) electrons. The van der Waals surface area contributed by atoms with E-state index >= 15 is 4.79 Å². The second-order valence-corrected chi connectivity index (χ2v) is 14.5. The van der Waals surface area contributed by atoms with Crippen LogP contribution in [0.25, 0.3) is 0 Å². The number of hydrogen-bond acceptors (Lipinski definition) is 18. The molecule has 294 valence electrons. The van der Waals surface area contributed by atoms with Gasteiger partial charge in [0.2, 0.25) is 0 Å². The Bertz CT molecular complexity index is 1770. The maximum Gasteiger partial charge on any atom is 0.340 e. The molecule has 1 aromatic rings. The van der Waals surface area contributed by atoms with Gasteiger partial charge in [-0.2, -0.15) is 0 Å². The number of rotatable bonds is 6. The molecule has 2 saturated carbocycles. The number of ether oxygens (including phenoxy) is 8. The van der Waals surface area contributed by atoms with E-state index in [0.717, 1.165) is 41.5 Å². The van der Waals surface area contributed by atoms with Crippen molar-refractivity contribution < 1.29 is 81.4 Å². The second-order valence-electron chi connectivity index (χ2n) is 14.5. The van der Waals surface area contributed by atoms with E-state index in [1.807, 2.05) is 0 Å². The van der Waals surface area contributed by atoms with Gasteiger partial charge in [0.1, 0.15) is 42.0 Å². The minimum Gasteiger partial charge on any atom is -0.465 e. The lowest BCUT2D eigenvalue weighted by atomic mass is 9.46. The van der Waals surface area contributed by atoms with Crippen molar-refractivity contribution in [2.45, 2.75) is 116 Å². The quantitative estimate of drug-likeness (QED) is 0.306. The summed E-state index contributed by atoms with van der Waals surface area (Å²) in [7, 11) is 0. The van der Waals surface area contributed by atoms with Crippen LogP contribution in [-0.4, -0.2) is 118 Å². The molecule has 18 nitrogen and oxygen atoms in total. The van der Waals surface area contributed by atoms with E-state index in [1.54, 1.807) is 0 Å². The minimum atomic E-state index is -2.44. The Hall–Kier alpha value is -4.97. The van der Waals surface area contributed by atoms with Gasteiger partial charge in [0, 0.05) is 46.7 Å². The molecule has 54 heavy (non-hydrogen) atoms. The number of Topliss-reactive ketones (excluding diaryl/α,β-unsaturated/α-hetero) is 1. The molecule has 1 N–H and O–H groups in total. The molecule has 4 bridgehead atoms. The third kappa shape index (κ3) is 6.58. The number of carbonyl (C=O) groups is 8. The number of fused-ring (bicyclic) bond motifs is 5. The average Bonchev–Trinajstić information content (AvgIpc) is 3.29. The predicted octanol–water partition coefficient (Wildman–Crippen LogP) is 0.500. The number of ketones is 1. The van der Waals surface area contributed by atoms with E-state index in [1.165, 1.54) is 32.2 Å². The lowest BCUT2D eigenvalue weighted by Crippen LogP contribution is -2.83. The number of aliphatic hydroxyl groups is 1. The molecule has 1 unspecified atom stereocenters. The zero-order valence-electron chi connectivity index (χ0n) is 31.0. The van der Waals surface area contributed by atoms with Crippen molar-refractivity contribution in [2.24, 2.45) is 17.3 Å². The number of nitrogens with zero attached hydrogens (tertiary/aromatic N) is 1. The summed E-state index contributed by atoms with van der Waals surface area (Å²) in [6.07, 6.45) is -8.52. The Morgan fingerprint density at radius 2 is 1.50 bits per heavy atom. The summed E-state index contributed by atoms with van der Waals surface area (Å²) in [5.74, 6) is -11.2. The molecule has 11 atom stereocenters. The Kier molecular flexibility index (Phi) is 10.7. The standard InChI is InChI=1S/C36H43NO17/c1-16-26-27(49-18(3)39)30(52-21(6)42)35(15-47-17(2)38)29(51-20(5)41)25(43)24-28(50-19(4)40)36(16,35)54-34(24,8)14-48-31(44)22-10-9-13-37-23(22)11-12-33(7,46)32(45)53-26/h9-10,13,16,24,26-30,46H,11-12,14-15H2,1-8H3/t16-,24-,26-,27+,28-,29-,30+,33?,34+,35-,36-/m0/s1. The number of hydrogen-bond donors (Lipinski definition) is 1. The normalized spacial score (nSPS) is 37.3. The number of carbonyl (C=O) groups excluding carboxylic acids is 8. The number of aromatic nitrogens is 1.